The Morgan fingerprint density at radius 2 is 2.27 bits per heavy atom. The van der Waals surface area contributed by atoms with Gasteiger partial charge in [-0.05, 0) is 24.5 Å². The van der Waals surface area contributed by atoms with Crippen molar-refractivity contribution in [3.8, 4) is 0 Å². The fraction of sp³-hybridized carbons (Fsp3) is 0.143. The molecule has 0 aliphatic heterocycles. The van der Waals surface area contributed by atoms with Crippen LogP contribution in [0.4, 0.5) is 10.1 Å². The highest BCUT2D eigenvalue weighted by atomic mass is 32.2. The molecule has 1 aromatic carbocycles. The average Bonchev–Trinajstić information content (AvgIpc) is 2.04. The Morgan fingerprint density at radius 3 is 2.82 bits per heavy atom. The monoisotopic (exact) mass is 172 g/mol. The predicted octanol–water partition coefficient (Wildman–Crippen LogP) is 1.83. The first-order valence-electron chi connectivity index (χ1n) is 3.08. The molecular formula is C7H9FN2S. The average molecular weight is 172 g/mol. The Bertz CT molecular complexity index is 252. The summed E-state index contributed by atoms with van der Waals surface area (Å²) in [5, 5.41) is 0. The van der Waals surface area contributed by atoms with Crippen LogP contribution >= 0.6 is 11.8 Å². The minimum atomic E-state index is -0.242. The number of hydrazine groups is 1. The normalized spacial score (nSPS) is 9.73. The van der Waals surface area contributed by atoms with Crippen molar-refractivity contribution in [3.05, 3.63) is 24.0 Å². The summed E-state index contributed by atoms with van der Waals surface area (Å²) < 4.78 is 12.6. The van der Waals surface area contributed by atoms with Gasteiger partial charge in [-0.25, -0.2) is 4.39 Å². The topological polar surface area (TPSA) is 38.0 Å². The lowest BCUT2D eigenvalue weighted by Crippen LogP contribution is -2.07. The maximum absolute atomic E-state index is 12.6. The molecule has 0 fully saturated rings. The third-order valence-corrected chi connectivity index (χ3v) is 2.10. The van der Waals surface area contributed by atoms with Gasteiger partial charge in [-0.1, -0.05) is 0 Å². The number of anilines is 1. The molecule has 2 nitrogen and oxygen atoms in total. The van der Waals surface area contributed by atoms with Crippen LogP contribution in [0.15, 0.2) is 23.1 Å². The minimum Gasteiger partial charge on any atom is -0.323 e. The number of hydrogen-bond acceptors (Lipinski definition) is 3. The summed E-state index contributed by atoms with van der Waals surface area (Å²) in [4.78, 5) is 0.813. The highest BCUT2D eigenvalue weighted by Gasteiger charge is 1.99. The molecule has 1 aromatic rings. The second-order valence-corrected chi connectivity index (χ2v) is 2.84. The molecule has 0 atom stereocenters. The van der Waals surface area contributed by atoms with Gasteiger partial charge in [0.05, 0.1) is 5.69 Å². The van der Waals surface area contributed by atoms with Crippen LogP contribution in [0.2, 0.25) is 0 Å². The van der Waals surface area contributed by atoms with Crippen LogP contribution in [0.25, 0.3) is 0 Å². The molecule has 60 valence electrons. The lowest BCUT2D eigenvalue weighted by molar-refractivity contribution is 0.624. The third-order valence-electron chi connectivity index (χ3n) is 1.32. The van der Waals surface area contributed by atoms with Crippen LogP contribution in [-0.4, -0.2) is 6.26 Å². The Labute approximate surface area is 68.9 Å². The molecule has 4 heteroatoms. The summed E-state index contributed by atoms with van der Waals surface area (Å²) in [6, 6.07) is 4.43. The molecule has 0 aliphatic carbocycles. The number of nitrogens with one attached hydrogen (secondary N) is 1. The number of rotatable bonds is 2. The van der Waals surface area contributed by atoms with Gasteiger partial charge < -0.3 is 5.43 Å². The molecule has 0 unspecified atom stereocenters. The van der Waals surface area contributed by atoms with Gasteiger partial charge in [-0.3, -0.25) is 5.84 Å². The fourth-order valence-corrected chi connectivity index (χ4v) is 1.36. The summed E-state index contributed by atoms with van der Waals surface area (Å²) in [7, 11) is 0. The number of nitrogens with two attached hydrogens (primary N) is 1. The van der Waals surface area contributed by atoms with E-state index < -0.39 is 0 Å². The lowest BCUT2D eigenvalue weighted by Gasteiger charge is -2.04. The lowest BCUT2D eigenvalue weighted by atomic mass is 10.3. The summed E-state index contributed by atoms with van der Waals surface area (Å²) >= 11 is 1.45. The molecule has 0 heterocycles. The second kappa shape index (κ2) is 3.59. The summed E-state index contributed by atoms with van der Waals surface area (Å²) in [5.41, 5.74) is 3.24. The summed E-state index contributed by atoms with van der Waals surface area (Å²) in [5.74, 6) is 4.95. The van der Waals surface area contributed by atoms with Gasteiger partial charge >= 0.3 is 0 Å². The zero-order chi connectivity index (χ0) is 8.27. The zero-order valence-corrected chi connectivity index (χ0v) is 6.91. The van der Waals surface area contributed by atoms with Crippen LogP contribution in [0, 0.1) is 5.82 Å². The first-order chi connectivity index (χ1) is 5.27. The van der Waals surface area contributed by atoms with Crippen molar-refractivity contribution >= 4 is 17.4 Å². The summed E-state index contributed by atoms with van der Waals surface area (Å²) in [6.45, 7) is 0. The molecule has 11 heavy (non-hydrogen) atoms. The second-order valence-electron chi connectivity index (χ2n) is 1.99. The molecule has 0 radical (unpaired) electrons. The molecular weight excluding hydrogens is 163 g/mol. The van der Waals surface area contributed by atoms with Crippen LogP contribution in [0.3, 0.4) is 0 Å². The predicted molar refractivity (Wildman–Crippen MR) is 46.0 cm³/mol. The van der Waals surface area contributed by atoms with Crippen molar-refractivity contribution < 1.29 is 4.39 Å². The van der Waals surface area contributed by atoms with Gasteiger partial charge in [-0.2, -0.15) is 0 Å². The van der Waals surface area contributed by atoms with Crippen molar-refractivity contribution in [2.45, 2.75) is 4.90 Å². The number of halogens is 1. The molecule has 0 aromatic heterocycles. The molecule has 0 spiro atoms. The largest absolute Gasteiger partial charge is 0.323 e. The molecule has 0 amide bonds. The maximum atomic E-state index is 12.6. The van der Waals surface area contributed by atoms with Crippen LogP contribution < -0.4 is 11.3 Å². The Hall–Kier alpha value is -0.740. The van der Waals surface area contributed by atoms with Crippen LogP contribution in [-0.2, 0) is 0 Å². The van der Waals surface area contributed by atoms with Crippen molar-refractivity contribution in [2.24, 2.45) is 5.84 Å². The zero-order valence-electron chi connectivity index (χ0n) is 6.10. The molecule has 0 saturated carbocycles. The molecule has 0 bridgehead atoms. The van der Waals surface area contributed by atoms with Gasteiger partial charge in [0, 0.05) is 4.90 Å². The van der Waals surface area contributed by atoms with E-state index in [-0.39, 0.29) is 5.82 Å². The molecule has 0 aliphatic rings. The highest BCUT2D eigenvalue weighted by molar-refractivity contribution is 7.98. The van der Waals surface area contributed by atoms with Gasteiger partial charge in [0.15, 0.2) is 0 Å². The number of thioether (sulfide) groups is 1. The van der Waals surface area contributed by atoms with Gasteiger partial charge in [-0.15, -0.1) is 11.8 Å². The Balaban J connectivity index is 3.06. The first-order valence-corrected chi connectivity index (χ1v) is 4.30. The Morgan fingerprint density at radius 1 is 1.55 bits per heavy atom. The van der Waals surface area contributed by atoms with Crippen molar-refractivity contribution in [1.29, 1.82) is 0 Å². The van der Waals surface area contributed by atoms with E-state index in [4.69, 9.17) is 5.84 Å². The van der Waals surface area contributed by atoms with E-state index in [0.717, 1.165) is 10.6 Å². The van der Waals surface area contributed by atoms with Gasteiger partial charge in [0.25, 0.3) is 0 Å². The Kier molecular flexibility index (Phi) is 2.73. The fourth-order valence-electron chi connectivity index (χ4n) is 0.784. The van der Waals surface area contributed by atoms with Crippen LogP contribution in [0.1, 0.15) is 0 Å². The van der Waals surface area contributed by atoms with Crippen molar-refractivity contribution in [3.63, 3.8) is 0 Å². The van der Waals surface area contributed by atoms with Gasteiger partial charge in [0.2, 0.25) is 0 Å². The third kappa shape index (κ3) is 1.85. The molecule has 0 saturated heterocycles. The van der Waals surface area contributed by atoms with Gasteiger partial charge in [0.1, 0.15) is 5.82 Å². The highest BCUT2D eigenvalue weighted by Crippen LogP contribution is 2.24. The van der Waals surface area contributed by atoms with E-state index in [0.29, 0.717) is 0 Å². The quantitative estimate of drug-likeness (QED) is 0.406. The number of nitrogen functional groups attached to an aromatic ring is 1. The standard InChI is InChI=1S/C7H9FN2S/c1-11-7-4-5(8)2-3-6(7)10-9/h2-4,10H,9H2,1H3. The van der Waals surface area contributed by atoms with Crippen molar-refractivity contribution in [2.75, 3.05) is 11.7 Å². The van der Waals surface area contributed by atoms with E-state index in [1.807, 2.05) is 6.26 Å². The first kappa shape index (κ1) is 8.36. The number of hydrogen-bond donors (Lipinski definition) is 2. The number of benzene rings is 1. The van der Waals surface area contributed by atoms with E-state index in [1.54, 1.807) is 6.07 Å². The molecule has 3 N–H and O–H groups in total. The maximum Gasteiger partial charge on any atom is 0.124 e. The van der Waals surface area contributed by atoms with Crippen LogP contribution in [0.5, 0.6) is 0 Å². The van der Waals surface area contributed by atoms with E-state index in [9.17, 15) is 4.39 Å². The molecule has 1 rings (SSSR count). The summed E-state index contributed by atoms with van der Waals surface area (Å²) in [6.07, 6.45) is 1.87. The van der Waals surface area contributed by atoms with Crippen molar-refractivity contribution in [1.82, 2.24) is 0 Å². The minimum absolute atomic E-state index is 0.242. The smallest absolute Gasteiger partial charge is 0.124 e. The van der Waals surface area contributed by atoms with E-state index in [2.05, 4.69) is 5.43 Å². The SMILES string of the molecule is CSc1cc(F)ccc1NN. The van der Waals surface area contributed by atoms with E-state index >= 15 is 0 Å². The van der Waals surface area contributed by atoms with E-state index in [1.165, 1.54) is 23.9 Å².